The number of hydrogen-bond acceptors (Lipinski definition) is 4. The Morgan fingerprint density at radius 1 is 1.50 bits per heavy atom. The van der Waals surface area contributed by atoms with E-state index in [0.717, 1.165) is 19.3 Å². The molecular formula is C13H15BrN2O4. The Morgan fingerprint density at radius 3 is 2.70 bits per heavy atom. The van der Waals surface area contributed by atoms with E-state index in [1.54, 1.807) is 4.90 Å². The number of non-ortho nitro benzene ring substituents is 1. The Hall–Kier alpha value is -1.47. The lowest BCUT2D eigenvalue weighted by Crippen LogP contribution is -2.45. The maximum absolute atomic E-state index is 12.5. The fraction of sp³-hybridized carbons (Fsp3) is 0.462. The predicted molar refractivity (Wildman–Crippen MR) is 76.6 cm³/mol. The fourth-order valence-electron chi connectivity index (χ4n) is 2.20. The number of carbonyl (C=O) groups excluding carboxylic acids is 1. The highest BCUT2D eigenvalue weighted by molar-refractivity contribution is 9.10. The van der Waals surface area contributed by atoms with Gasteiger partial charge in [0.25, 0.3) is 11.6 Å². The van der Waals surface area contributed by atoms with Crippen LogP contribution in [0.25, 0.3) is 0 Å². The molecule has 1 amide bonds. The van der Waals surface area contributed by atoms with Crippen molar-refractivity contribution in [1.29, 1.82) is 0 Å². The monoisotopic (exact) mass is 342 g/mol. The quantitative estimate of drug-likeness (QED) is 0.657. The third-order valence-electron chi connectivity index (χ3n) is 3.51. The standard InChI is InChI=1S/C13H15BrN2O4/c14-12-5-4-10(16(19)20)8-11(12)13(18)15(6-7-17)9-2-1-3-9/h4-5,8-9,17H,1-3,6-7H2. The molecule has 0 heterocycles. The van der Waals surface area contributed by atoms with Crippen molar-refractivity contribution in [3.63, 3.8) is 0 Å². The third-order valence-corrected chi connectivity index (χ3v) is 4.20. The summed E-state index contributed by atoms with van der Waals surface area (Å²) in [6.45, 7) is 0.132. The average Bonchev–Trinajstić information content (AvgIpc) is 2.35. The fourth-order valence-corrected chi connectivity index (χ4v) is 2.62. The topological polar surface area (TPSA) is 83.7 Å². The van der Waals surface area contributed by atoms with Crippen LogP contribution in [0.1, 0.15) is 29.6 Å². The number of hydrogen-bond donors (Lipinski definition) is 1. The van der Waals surface area contributed by atoms with E-state index in [0.29, 0.717) is 4.47 Å². The number of aliphatic hydroxyl groups excluding tert-OH is 1. The Labute approximate surface area is 124 Å². The highest BCUT2D eigenvalue weighted by atomic mass is 79.9. The van der Waals surface area contributed by atoms with Crippen molar-refractivity contribution in [2.24, 2.45) is 0 Å². The first-order chi connectivity index (χ1) is 9.54. The van der Waals surface area contributed by atoms with E-state index in [9.17, 15) is 14.9 Å². The molecule has 1 aromatic rings. The first kappa shape index (κ1) is 14.9. The van der Waals surface area contributed by atoms with Crippen LogP contribution in [0.4, 0.5) is 5.69 Å². The molecule has 0 unspecified atom stereocenters. The van der Waals surface area contributed by atoms with Gasteiger partial charge in [0.15, 0.2) is 0 Å². The molecule has 2 rings (SSSR count). The molecule has 1 aromatic carbocycles. The lowest BCUT2D eigenvalue weighted by Gasteiger charge is -2.37. The van der Waals surface area contributed by atoms with Gasteiger partial charge in [-0.15, -0.1) is 0 Å². The molecule has 0 atom stereocenters. The van der Waals surface area contributed by atoms with Crippen molar-refractivity contribution in [3.05, 3.63) is 38.3 Å². The van der Waals surface area contributed by atoms with Crippen LogP contribution < -0.4 is 0 Å². The normalized spacial score (nSPS) is 14.7. The molecule has 6 nitrogen and oxygen atoms in total. The van der Waals surface area contributed by atoms with Gasteiger partial charge in [-0.3, -0.25) is 14.9 Å². The van der Waals surface area contributed by atoms with Gasteiger partial charge in [-0.1, -0.05) is 0 Å². The Morgan fingerprint density at radius 2 is 2.20 bits per heavy atom. The summed E-state index contributed by atoms with van der Waals surface area (Å²) in [5, 5.41) is 19.9. The molecule has 0 aliphatic heterocycles. The van der Waals surface area contributed by atoms with Gasteiger partial charge < -0.3 is 10.0 Å². The number of nitro benzene ring substituents is 1. The molecule has 1 aliphatic rings. The van der Waals surface area contributed by atoms with Crippen molar-refractivity contribution < 1.29 is 14.8 Å². The SMILES string of the molecule is O=C(c1cc([N+](=O)[O-])ccc1Br)N(CCO)C1CCC1. The smallest absolute Gasteiger partial charge is 0.270 e. The van der Waals surface area contributed by atoms with Crippen LogP contribution >= 0.6 is 15.9 Å². The average molecular weight is 343 g/mol. The molecule has 0 radical (unpaired) electrons. The molecule has 0 bridgehead atoms. The van der Waals surface area contributed by atoms with Gasteiger partial charge in [-0.05, 0) is 41.3 Å². The van der Waals surface area contributed by atoms with Gasteiger partial charge in [0.1, 0.15) is 0 Å². The molecule has 1 N–H and O–H groups in total. The number of benzene rings is 1. The van der Waals surface area contributed by atoms with Gasteiger partial charge >= 0.3 is 0 Å². The second-order valence-corrected chi connectivity index (χ2v) is 5.58. The molecular weight excluding hydrogens is 328 g/mol. The van der Waals surface area contributed by atoms with Crippen molar-refractivity contribution in [2.75, 3.05) is 13.2 Å². The third kappa shape index (κ3) is 2.99. The van der Waals surface area contributed by atoms with Crippen molar-refractivity contribution >= 4 is 27.5 Å². The van der Waals surface area contributed by atoms with Crippen LogP contribution in [0.2, 0.25) is 0 Å². The van der Waals surface area contributed by atoms with Crippen LogP contribution in [-0.4, -0.2) is 40.0 Å². The van der Waals surface area contributed by atoms with Crippen LogP contribution in [0.15, 0.2) is 22.7 Å². The Bertz CT molecular complexity index is 531. The van der Waals surface area contributed by atoms with Crippen LogP contribution in [0.3, 0.4) is 0 Å². The summed E-state index contributed by atoms with van der Waals surface area (Å²) in [5.41, 5.74) is 0.147. The van der Waals surface area contributed by atoms with E-state index in [1.807, 2.05) is 0 Å². The van der Waals surface area contributed by atoms with Gasteiger partial charge in [0.05, 0.1) is 17.1 Å². The van der Waals surface area contributed by atoms with Gasteiger partial charge in [-0.25, -0.2) is 0 Å². The van der Waals surface area contributed by atoms with Gasteiger partial charge in [0.2, 0.25) is 0 Å². The number of carbonyl (C=O) groups is 1. The first-order valence-electron chi connectivity index (χ1n) is 6.40. The van der Waals surface area contributed by atoms with Crippen LogP contribution in [0, 0.1) is 10.1 Å². The van der Waals surface area contributed by atoms with E-state index in [-0.39, 0.29) is 36.4 Å². The summed E-state index contributed by atoms with van der Waals surface area (Å²) in [4.78, 5) is 24.4. The van der Waals surface area contributed by atoms with Gasteiger partial charge in [0, 0.05) is 29.2 Å². The zero-order valence-corrected chi connectivity index (χ0v) is 12.4. The minimum Gasteiger partial charge on any atom is -0.395 e. The minimum absolute atomic E-state index is 0.116. The largest absolute Gasteiger partial charge is 0.395 e. The lowest BCUT2D eigenvalue weighted by molar-refractivity contribution is -0.384. The van der Waals surface area contributed by atoms with Crippen molar-refractivity contribution in [3.8, 4) is 0 Å². The van der Waals surface area contributed by atoms with Gasteiger partial charge in [-0.2, -0.15) is 0 Å². The molecule has 1 saturated carbocycles. The van der Waals surface area contributed by atoms with E-state index in [4.69, 9.17) is 5.11 Å². The minimum atomic E-state index is -0.525. The van der Waals surface area contributed by atoms with Crippen molar-refractivity contribution in [2.45, 2.75) is 25.3 Å². The summed E-state index contributed by atoms with van der Waals surface area (Å²) >= 11 is 3.26. The highest BCUT2D eigenvalue weighted by Gasteiger charge is 2.30. The molecule has 20 heavy (non-hydrogen) atoms. The first-order valence-corrected chi connectivity index (χ1v) is 7.19. The molecule has 0 aromatic heterocycles. The number of aliphatic hydroxyl groups is 1. The molecule has 1 aliphatic carbocycles. The number of rotatable bonds is 5. The van der Waals surface area contributed by atoms with E-state index < -0.39 is 4.92 Å². The second kappa shape index (κ2) is 6.32. The summed E-state index contributed by atoms with van der Waals surface area (Å²) in [5.74, 6) is -0.278. The zero-order valence-electron chi connectivity index (χ0n) is 10.8. The molecule has 0 spiro atoms. The summed E-state index contributed by atoms with van der Waals surface area (Å²) in [6, 6.07) is 4.25. The lowest BCUT2D eigenvalue weighted by atomic mass is 9.91. The molecule has 1 fully saturated rings. The van der Waals surface area contributed by atoms with E-state index in [2.05, 4.69) is 15.9 Å². The number of nitrogens with zero attached hydrogens (tertiary/aromatic N) is 2. The van der Waals surface area contributed by atoms with E-state index >= 15 is 0 Å². The molecule has 0 saturated heterocycles. The Kier molecular flexibility index (Phi) is 4.72. The summed E-state index contributed by atoms with van der Waals surface area (Å²) in [6.07, 6.45) is 2.90. The molecule has 108 valence electrons. The number of amides is 1. The molecule has 7 heteroatoms. The van der Waals surface area contributed by atoms with Crippen molar-refractivity contribution in [1.82, 2.24) is 4.90 Å². The van der Waals surface area contributed by atoms with Crippen LogP contribution in [0.5, 0.6) is 0 Å². The summed E-state index contributed by atoms with van der Waals surface area (Å²) < 4.78 is 0.523. The Balaban J connectivity index is 2.30. The second-order valence-electron chi connectivity index (χ2n) is 4.73. The maximum Gasteiger partial charge on any atom is 0.270 e. The van der Waals surface area contributed by atoms with E-state index in [1.165, 1.54) is 18.2 Å². The predicted octanol–water partition coefficient (Wildman–Crippen LogP) is 2.34. The summed E-state index contributed by atoms with van der Waals surface area (Å²) in [7, 11) is 0. The zero-order chi connectivity index (χ0) is 14.7. The highest BCUT2D eigenvalue weighted by Crippen LogP contribution is 2.29. The number of nitro groups is 1. The number of halogens is 1. The van der Waals surface area contributed by atoms with Crippen LogP contribution in [-0.2, 0) is 0 Å². The maximum atomic E-state index is 12.5.